The highest BCUT2D eigenvalue weighted by Gasteiger charge is 2.27. The molecule has 0 aliphatic rings. The number of aryl methyl sites for hydroxylation is 2. The fraction of sp³-hybridized carbons (Fsp3) is 0.368. The number of carbonyl (C=O) groups excluding carboxylic acids is 2. The molecule has 2 amide bonds. The highest BCUT2D eigenvalue weighted by Crippen LogP contribution is 2.18. The van der Waals surface area contributed by atoms with Gasteiger partial charge in [0.05, 0.1) is 0 Å². The second kappa shape index (κ2) is 9.73. The van der Waals surface area contributed by atoms with Gasteiger partial charge in [-0.3, -0.25) is 9.59 Å². The fourth-order valence-corrected chi connectivity index (χ4v) is 3.07. The zero-order chi connectivity index (χ0) is 21.6. The zero-order valence-corrected chi connectivity index (χ0v) is 17.0. The summed E-state index contributed by atoms with van der Waals surface area (Å²) in [5, 5.41) is 5.18. The van der Waals surface area contributed by atoms with E-state index < -0.39 is 18.6 Å². The van der Waals surface area contributed by atoms with Crippen LogP contribution in [0.5, 0.6) is 0 Å². The Kier molecular flexibility index (Phi) is 7.60. The monoisotopic (exact) mass is 426 g/mol. The number of nitrogens with zero attached hydrogens (tertiary/aromatic N) is 2. The summed E-state index contributed by atoms with van der Waals surface area (Å²) in [5.74, 6) is -1.06. The van der Waals surface area contributed by atoms with Crippen LogP contribution in [-0.4, -0.2) is 40.8 Å². The van der Waals surface area contributed by atoms with Crippen LogP contribution in [-0.2, 0) is 11.2 Å². The minimum atomic E-state index is -4.47. The molecule has 6 nitrogen and oxygen atoms in total. The molecule has 2 N–H and O–H groups in total. The van der Waals surface area contributed by atoms with Crippen LogP contribution in [0.1, 0.15) is 33.7 Å². The van der Waals surface area contributed by atoms with Gasteiger partial charge < -0.3 is 10.6 Å². The number of amides is 2. The maximum Gasteiger partial charge on any atom is 0.405 e. The van der Waals surface area contributed by atoms with Crippen molar-refractivity contribution in [2.45, 2.75) is 38.0 Å². The van der Waals surface area contributed by atoms with E-state index in [1.54, 1.807) is 5.32 Å². The second-order valence-corrected chi connectivity index (χ2v) is 7.06. The predicted molar refractivity (Wildman–Crippen MR) is 105 cm³/mol. The lowest BCUT2D eigenvalue weighted by Gasteiger charge is -2.11. The molecule has 2 aromatic rings. The molecule has 1 aromatic heterocycles. The summed E-state index contributed by atoms with van der Waals surface area (Å²) in [6, 6.07) is 5.63. The first-order valence-electron chi connectivity index (χ1n) is 8.72. The molecule has 156 valence electrons. The summed E-state index contributed by atoms with van der Waals surface area (Å²) in [5.41, 5.74) is 3.12. The lowest BCUT2D eigenvalue weighted by atomic mass is 10.1. The molecule has 1 aromatic carbocycles. The van der Waals surface area contributed by atoms with Crippen molar-refractivity contribution in [2.75, 3.05) is 18.1 Å². The molecule has 0 saturated carbocycles. The van der Waals surface area contributed by atoms with Crippen LogP contribution >= 0.6 is 11.8 Å². The SMILES string of the molecule is CSc1nc(C)c(CCC(=O)Nc2ccc(C(=O)NCC(F)(F)F)cc2)c(C)n1. The van der Waals surface area contributed by atoms with Gasteiger partial charge in [0.2, 0.25) is 5.91 Å². The topological polar surface area (TPSA) is 84.0 Å². The maximum absolute atomic E-state index is 12.2. The van der Waals surface area contributed by atoms with Crippen molar-refractivity contribution in [3.8, 4) is 0 Å². The molecular weight excluding hydrogens is 405 g/mol. The number of rotatable bonds is 7. The van der Waals surface area contributed by atoms with E-state index in [-0.39, 0.29) is 17.9 Å². The number of aromatic nitrogens is 2. The summed E-state index contributed by atoms with van der Waals surface area (Å²) >= 11 is 1.45. The van der Waals surface area contributed by atoms with Crippen molar-refractivity contribution < 1.29 is 22.8 Å². The van der Waals surface area contributed by atoms with E-state index in [1.807, 2.05) is 20.1 Å². The van der Waals surface area contributed by atoms with E-state index >= 15 is 0 Å². The molecule has 2 rings (SSSR count). The zero-order valence-electron chi connectivity index (χ0n) is 16.2. The number of hydrogen-bond donors (Lipinski definition) is 2. The Bertz CT molecular complexity index is 863. The Morgan fingerprint density at radius 3 is 2.17 bits per heavy atom. The van der Waals surface area contributed by atoms with Gasteiger partial charge in [-0.15, -0.1) is 0 Å². The lowest BCUT2D eigenvalue weighted by Crippen LogP contribution is -2.33. The molecule has 10 heteroatoms. The highest BCUT2D eigenvalue weighted by atomic mass is 32.2. The largest absolute Gasteiger partial charge is 0.405 e. The Morgan fingerprint density at radius 2 is 1.66 bits per heavy atom. The number of alkyl halides is 3. The fourth-order valence-electron chi connectivity index (χ4n) is 2.61. The van der Waals surface area contributed by atoms with Crippen LogP contribution in [0.25, 0.3) is 0 Å². The number of anilines is 1. The van der Waals surface area contributed by atoms with Gasteiger partial charge in [-0.25, -0.2) is 9.97 Å². The van der Waals surface area contributed by atoms with E-state index in [4.69, 9.17) is 0 Å². The smallest absolute Gasteiger partial charge is 0.343 e. The molecule has 0 radical (unpaired) electrons. The van der Waals surface area contributed by atoms with Crippen molar-refractivity contribution in [1.82, 2.24) is 15.3 Å². The number of thioether (sulfide) groups is 1. The molecule has 0 spiro atoms. The van der Waals surface area contributed by atoms with Crippen molar-refractivity contribution >= 4 is 29.3 Å². The molecular formula is C19H21F3N4O2S. The van der Waals surface area contributed by atoms with Crippen LogP contribution in [0.4, 0.5) is 18.9 Å². The van der Waals surface area contributed by atoms with Crippen LogP contribution in [0.2, 0.25) is 0 Å². The van der Waals surface area contributed by atoms with Gasteiger partial charge >= 0.3 is 6.18 Å². The quantitative estimate of drug-likeness (QED) is 0.521. The van der Waals surface area contributed by atoms with Crippen molar-refractivity contribution in [3.63, 3.8) is 0 Å². The molecule has 0 saturated heterocycles. The van der Waals surface area contributed by atoms with Crippen LogP contribution < -0.4 is 10.6 Å². The van der Waals surface area contributed by atoms with Crippen LogP contribution in [0, 0.1) is 13.8 Å². The molecule has 0 aliphatic carbocycles. The van der Waals surface area contributed by atoms with E-state index in [9.17, 15) is 22.8 Å². The van der Waals surface area contributed by atoms with Crippen molar-refractivity contribution in [1.29, 1.82) is 0 Å². The number of halogens is 3. The number of nitrogens with one attached hydrogen (secondary N) is 2. The molecule has 1 heterocycles. The van der Waals surface area contributed by atoms with Gasteiger partial charge in [-0.1, -0.05) is 11.8 Å². The van der Waals surface area contributed by atoms with E-state index in [1.165, 1.54) is 36.0 Å². The van der Waals surface area contributed by atoms with Crippen LogP contribution in [0.3, 0.4) is 0 Å². The molecule has 0 fully saturated rings. The molecule has 29 heavy (non-hydrogen) atoms. The maximum atomic E-state index is 12.2. The average Bonchev–Trinajstić information content (AvgIpc) is 2.65. The third-order valence-electron chi connectivity index (χ3n) is 4.07. The van der Waals surface area contributed by atoms with E-state index in [0.717, 1.165) is 17.0 Å². The average molecular weight is 426 g/mol. The standard InChI is InChI=1S/C19H21F3N4O2S/c1-11-15(12(2)25-18(24-11)29-3)8-9-16(27)26-14-6-4-13(5-7-14)17(28)23-10-19(20,21)22/h4-7H,8-10H2,1-3H3,(H,23,28)(H,26,27). The number of benzene rings is 1. The van der Waals surface area contributed by atoms with Gasteiger partial charge in [0.1, 0.15) is 6.54 Å². The first-order valence-corrected chi connectivity index (χ1v) is 9.94. The molecule has 0 unspecified atom stereocenters. The van der Waals surface area contributed by atoms with Crippen molar-refractivity contribution in [2.24, 2.45) is 0 Å². The van der Waals surface area contributed by atoms with Crippen molar-refractivity contribution in [3.05, 3.63) is 46.8 Å². The summed E-state index contributed by atoms with van der Waals surface area (Å²) in [4.78, 5) is 32.7. The normalized spacial score (nSPS) is 11.2. The third kappa shape index (κ3) is 7.04. The minimum Gasteiger partial charge on any atom is -0.343 e. The summed E-state index contributed by atoms with van der Waals surface area (Å²) in [7, 11) is 0. The second-order valence-electron chi connectivity index (χ2n) is 6.28. The van der Waals surface area contributed by atoms with Gasteiger partial charge in [0, 0.05) is 29.1 Å². The Morgan fingerprint density at radius 1 is 1.07 bits per heavy atom. The lowest BCUT2D eigenvalue weighted by molar-refractivity contribution is -0.123. The highest BCUT2D eigenvalue weighted by molar-refractivity contribution is 7.98. The minimum absolute atomic E-state index is 0.0736. The van der Waals surface area contributed by atoms with Crippen LogP contribution in [0.15, 0.2) is 29.4 Å². The number of carbonyl (C=O) groups is 2. The third-order valence-corrected chi connectivity index (χ3v) is 4.61. The van der Waals surface area contributed by atoms with E-state index in [0.29, 0.717) is 17.3 Å². The number of hydrogen-bond acceptors (Lipinski definition) is 5. The summed E-state index contributed by atoms with van der Waals surface area (Å²) in [6.07, 6.45) is -1.87. The van der Waals surface area contributed by atoms with Gasteiger partial charge in [0.15, 0.2) is 5.16 Å². The van der Waals surface area contributed by atoms with Gasteiger partial charge in [-0.2, -0.15) is 13.2 Å². The Labute approximate surface area is 170 Å². The molecule has 0 atom stereocenters. The molecule has 0 bridgehead atoms. The Balaban J connectivity index is 1.90. The van der Waals surface area contributed by atoms with E-state index in [2.05, 4.69) is 15.3 Å². The molecule has 0 aliphatic heterocycles. The summed E-state index contributed by atoms with van der Waals surface area (Å²) in [6.45, 7) is 2.36. The van der Waals surface area contributed by atoms with Gasteiger partial charge in [-0.05, 0) is 56.4 Å². The van der Waals surface area contributed by atoms with Gasteiger partial charge in [0.25, 0.3) is 5.91 Å². The first kappa shape index (κ1) is 22.7. The predicted octanol–water partition coefficient (Wildman–Crippen LogP) is 3.68. The summed E-state index contributed by atoms with van der Waals surface area (Å²) < 4.78 is 36.5. The first-order chi connectivity index (χ1) is 13.6. The Hall–Kier alpha value is -2.62.